The molecule has 6 aliphatic rings. The van der Waals surface area contributed by atoms with Crippen molar-refractivity contribution >= 4 is 11.5 Å². The lowest BCUT2D eigenvalue weighted by molar-refractivity contribution is -0.141. The number of halogens is 5. The Balaban J connectivity index is 1.23. The molecule has 4 saturated heterocycles. The van der Waals surface area contributed by atoms with Crippen molar-refractivity contribution in [3.05, 3.63) is 39.8 Å². The maximum Gasteiger partial charge on any atom is 0.417 e. The van der Waals surface area contributed by atoms with Crippen molar-refractivity contribution < 1.29 is 31.4 Å². The second kappa shape index (κ2) is 10.6. The normalized spacial score (nSPS) is 33.0. The summed E-state index contributed by atoms with van der Waals surface area (Å²) >= 11 is 0. The van der Waals surface area contributed by atoms with Gasteiger partial charge in [0.15, 0.2) is 5.82 Å². The molecule has 45 heavy (non-hydrogen) atoms. The van der Waals surface area contributed by atoms with Crippen molar-refractivity contribution in [1.29, 1.82) is 0 Å². The Kier molecular flexibility index (Phi) is 7.00. The van der Waals surface area contributed by atoms with Crippen LogP contribution in [0.25, 0.3) is 0 Å². The second-order valence-corrected chi connectivity index (χ2v) is 14.1. The molecule has 0 spiro atoms. The molecule has 6 heterocycles. The summed E-state index contributed by atoms with van der Waals surface area (Å²) in [5.41, 5.74) is 4.69. The van der Waals surface area contributed by atoms with Crippen LogP contribution in [-0.2, 0) is 17.5 Å². The summed E-state index contributed by atoms with van der Waals surface area (Å²) in [4.78, 5) is 14.2. The summed E-state index contributed by atoms with van der Waals surface area (Å²) in [6, 6.07) is 1.77. The summed E-state index contributed by atoms with van der Waals surface area (Å²) in [6.07, 6.45) is -1.15. The summed E-state index contributed by atoms with van der Waals surface area (Å²) in [6.45, 7) is 4.11. The van der Waals surface area contributed by atoms with Gasteiger partial charge in [-0.1, -0.05) is 0 Å². The molecule has 244 valence electrons. The van der Waals surface area contributed by atoms with E-state index in [-0.39, 0.29) is 36.4 Å². The van der Waals surface area contributed by atoms with Crippen LogP contribution in [0.5, 0.6) is 6.01 Å². The molecule has 5 fully saturated rings. The Morgan fingerprint density at radius 2 is 1.89 bits per heavy atom. The second-order valence-electron chi connectivity index (χ2n) is 14.1. The number of ether oxygens (including phenoxy) is 2. The molecule has 3 N–H and O–H groups in total. The highest BCUT2D eigenvalue weighted by Gasteiger charge is 2.51. The van der Waals surface area contributed by atoms with Crippen LogP contribution < -0.4 is 20.7 Å². The molecule has 1 aliphatic carbocycles. The molecule has 8 rings (SSSR count). The lowest BCUT2D eigenvalue weighted by Crippen LogP contribution is -2.52. The van der Waals surface area contributed by atoms with Crippen molar-refractivity contribution in [1.82, 2.24) is 20.2 Å². The van der Waals surface area contributed by atoms with Gasteiger partial charge in [-0.3, -0.25) is 4.90 Å². The summed E-state index contributed by atoms with van der Waals surface area (Å²) in [5.74, 6) is -1.12. The van der Waals surface area contributed by atoms with E-state index in [1.54, 1.807) is 0 Å². The van der Waals surface area contributed by atoms with Gasteiger partial charge in [0.2, 0.25) is 0 Å². The monoisotopic (exact) mass is 634 g/mol. The van der Waals surface area contributed by atoms with E-state index in [2.05, 4.69) is 15.1 Å². The van der Waals surface area contributed by atoms with Crippen LogP contribution >= 0.6 is 0 Å². The molecule has 2 aromatic rings. The molecule has 0 amide bonds. The van der Waals surface area contributed by atoms with Gasteiger partial charge < -0.3 is 25.4 Å². The van der Waals surface area contributed by atoms with Crippen molar-refractivity contribution in [2.45, 2.75) is 100 Å². The first-order valence-corrected chi connectivity index (χ1v) is 16.2. The first-order valence-electron chi connectivity index (χ1n) is 16.2. The largest absolute Gasteiger partial charge is 0.461 e. The predicted octanol–water partition coefficient (Wildman–Crippen LogP) is 5.19. The molecule has 6 atom stereocenters. The zero-order valence-corrected chi connectivity index (χ0v) is 25.3. The molecule has 0 radical (unpaired) electrons. The van der Waals surface area contributed by atoms with E-state index in [4.69, 9.17) is 25.2 Å². The third-order valence-corrected chi connectivity index (χ3v) is 11.0. The number of hydrogen-bond acceptors (Lipinski definition) is 8. The predicted molar refractivity (Wildman–Crippen MR) is 156 cm³/mol. The average molecular weight is 635 g/mol. The van der Waals surface area contributed by atoms with Gasteiger partial charge in [-0.2, -0.15) is 23.1 Å². The standard InChI is InChI=1S/C32H39F5N6O2/c1-16-9-22(38)26(34)24(25(16)32(35,36)37)28-23(17-3-4-17)27-21(14-44-28)29(42-12-19-5-6-20(13-42)39-19)41-30(40-27)45-15-31-7-2-8-43(31)11-18(33)10-31/h9,17-20,23,28,39H,2-8,10-15,38H2,1H3. The van der Waals surface area contributed by atoms with E-state index in [0.717, 1.165) is 69.8 Å². The van der Waals surface area contributed by atoms with Gasteiger partial charge in [0.05, 0.1) is 35.2 Å². The number of piperazine rings is 1. The number of hydrogen-bond donors (Lipinski definition) is 2. The van der Waals surface area contributed by atoms with Crippen molar-refractivity contribution in [2.75, 3.05) is 43.4 Å². The third kappa shape index (κ3) is 5.04. The Morgan fingerprint density at radius 1 is 1.13 bits per heavy atom. The number of nitrogens with two attached hydrogens (primary N) is 1. The number of rotatable bonds is 6. The van der Waals surface area contributed by atoms with Crippen LogP contribution in [0.3, 0.4) is 0 Å². The van der Waals surface area contributed by atoms with Gasteiger partial charge in [0.25, 0.3) is 0 Å². The van der Waals surface area contributed by atoms with E-state index < -0.39 is 46.9 Å². The molecule has 1 aromatic heterocycles. The molecular weight excluding hydrogens is 595 g/mol. The summed E-state index contributed by atoms with van der Waals surface area (Å²) in [5, 5.41) is 3.63. The smallest absolute Gasteiger partial charge is 0.417 e. The number of anilines is 2. The van der Waals surface area contributed by atoms with Gasteiger partial charge in [-0.15, -0.1) is 0 Å². The van der Waals surface area contributed by atoms with E-state index in [0.29, 0.717) is 36.6 Å². The fourth-order valence-corrected chi connectivity index (χ4v) is 8.92. The van der Waals surface area contributed by atoms with Crippen LogP contribution in [0.4, 0.5) is 33.5 Å². The third-order valence-electron chi connectivity index (χ3n) is 11.0. The van der Waals surface area contributed by atoms with Crippen molar-refractivity contribution in [3.8, 4) is 6.01 Å². The van der Waals surface area contributed by atoms with Gasteiger partial charge in [-0.25, -0.2) is 8.78 Å². The number of nitrogens with zero attached hydrogens (tertiary/aromatic N) is 4. The van der Waals surface area contributed by atoms with Crippen LogP contribution in [0.15, 0.2) is 6.07 Å². The minimum Gasteiger partial charge on any atom is -0.461 e. The minimum absolute atomic E-state index is 0.0443. The van der Waals surface area contributed by atoms with Crippen LogP contribution in [0, 0.1) is 18.7 Å². The summed E-state index contributed by atoms with van der Waals surface area (Å²) in [7, 11) is 0. The Bertz CT molecular complexity index is 1490. The van der Waals surface area contributed by atoms with Crippen LogP contribution in [0.1, 0.15) is 84.9 Å². The topological polar surface area (TPSA) is 88.8 Å². The number of aromatic nitrogens is 2. The van der Waals surface area contributed by atoms with Crippen LogP contribution in [-0.4, -0.2) is 71.4 Å². The first kappa shape index (κ1) is 29.6. The number of aryl methyl sites for hydroxylation is 1. The highest BCUT2D eigenvalue weighted by molar-refractivity contribution is 5.57. The average Bonchev–Trinajstić information content (AvgIpc) is 3.57. The quantitative estimate of drug-likeness (QED) is 0.332. The van der Waals surface area contributed by atoms with Gasteiger partial charge in [0.1, 0.15) is 18.6 Å². The van der Waals surface area contributed by atoms with E-state index >= 15 is 4.39 Å². The number of nitrogen functional groups attached to an aromatic ring is 1. The Hall–Kier alpha value is -2.77. The molecular formula is C32H39F5N6O2. The maximum atomic E-state index is 15.8. The Labute approximate surface area is 258 Å². The van der Waals surface area contributed by atoms with Crippen LogP contribution in [0.2, 0.25) is 0 Å². The number of benzene rings is 1. The fraction of sp³-hybridized carbons (Fsp3) is 0.688. The fourth-order valence-electron chi connectivity index (χ4n) is 8.92. The number of nitrogens with one attached hydrogen (secondary N) is 1. The maximum absolute atomic E-state index is 15.8. The molecule has 8 nitrogen and oxygen atoms in total. The molecule has 5 aliphatic heterocycles. The lowest BCUT2D eigenvalue weighted by atomic mass is 9.81. The van der Waals surface area contributed by atoms with Gasteiger partial charge in [0, 0.05) is 55.2 Å². The van der Waals surface area contributed by atoms with E-state index in [1.165, 1.54) is 6.92 Å². The number of alkyl halides is 4. The molecule has 6 unspecified atom stereocenters. The zero-order chi connectivity index (χ0) is 31.2. The molecule has 2 bridgehead atoms. The van der Waals surface area contributed by atoms with Gasteiger partial charge >= 0.3 is 12.2 Å². The molecule has 1 saturated carbocycles. The lowest BCUT2D eigenvalue weighted by Gasteiger charge is -2.39. The SMILES string of the molecule is Cc1cc(N)c(F)c(C2OCc3c(nc(OCC45CCCN4CC(F)C5)nc3N3CC4CCC(C3)N4)C2C2CC2)c1C(F)(F)F. The first-order chi connectivity index (χ1) is 21.5. The zero-order valence-electron chi connectivity index (χ0n) is 25.3. The molecule has 1 aromatic carbocycles. The molecule has 13 heteroatoms. The van der Waals surface area contributed by atoms with Crippen molar-refractivity contribution in [3.63, 3.8) is 0 Å². The highest BCUT2D eigenvalue weighted by atomic mass is 19.4. The highest BCUT2D eigenvalue weighted by Crippen LogP contribution is 2.56. The van der Waals surface area contributed by atoms with E-state index in [1.807, 2.05) is 0 Å². The number of fused-ring (bicyclic) bond motifs is 4. The van der Waals surface area contributed by atoms with E-state index in [9.17, 15) is 17.6 Å². The summed E-state index contributed by atoms with van der Waals surface area (Å²) < 4.78 is 86.4. The minimum atomic E-state index is -4.81. The van der Waals surface area contributed by atoms with Crippen molar-refractivity contribution in [2.24, 2.45) is 5.92 Å². The Morgan fingerprint density at radius 3 is 2.60 bits per heavy atom. The van der Waals surface area contributed by atoms with Gasteiger partial charge in [-0.05, 0) is 69.5 Å².